The molecule has 3 atom stereocenters. The third-order valence-electron chi connectivity index (χ3n) is 8.70. The number of rotatable bonds is 15. The van der Waals surface area contributed by atoms with E-state index in [2.05, 4.69) is 133 Å². The third-order valence-corrected chi connectivity index (χ3v) is 13.2. The van der Waals surface area contributed by atoms with E-state index in [4.69, 9.17) is 9.16 Å². The highest BCUT2D eigenvalue weighted by Crippen LogP contribution is 2.39. The van der Waals surface area contributed by atoms with Crippen LogP contribution in [0.3, 0.4) is 0 Å². The standard InChI is InChI=1S/C36H52O2Si/c1-8-29(2)25-34(31-18-11-9-12-19-31)27-35(32-20-13-10-14-21-32)33-22-15-17-30(26-33)28-37-23-16-24-38-39(6,7)36(3,4)5/h9-15,17-22,26,29,34-35H,8,16,23-25,27-28H2,1-7H3. The normalized spacial score (nSPS) is 14.6. The van der Waals surface area contributed by atoms with Gasteiger partial charge in [-0.2, -0.15) is 0 Å². The van der Waals surface area contributed by atoms with E-state index in [0.717, 1.165) is 26.1 Å². The molecule has 3 rings (SSSR count). The van der Waals surface area contributed by atoms with Crippen molar-refractivity contribution in [3.05, 3.63) is 107 Å². The average Bonchev–Trinajstić information content (AvgIpc) is 2.93. The molecule has 212 valence electrons. The molecule has 0 aromatic heterocycles. The number of ether oxygens (including phenoxy) is 1. The van der Waals surface area contributed by atoms with Gasteiger partial charge in [0.05, 0.1) is 6.61 Å². The van der Waals surface area contributed by atoms with E-state index in [-0.39, 0.29) is 5.04 Å². The second-order valence-corrected chi connectivity index (χ2v) is 17.6. The van der Waals surface area contributed by atoms with Gasteiger partial charge >= 0.3 is 0 Å². The van der Waals surface area contributed by atoms with Crippen LogP contribution >= 0.6 is 0 Å². The van der Waals surface area contributed by atoms with Gasteiger partial charge in [0.1, 0.15) is 0 Å². The van der Waals surface area contributed by atoms with E-state index in [1.807, 2.05) is 0 Å². The molecule has 0 aliphatic rings. The van der Waals surface area contributed by atoms with Crippen LogP contribution in [0.15, 0.2) is 84.9 Å². The number of hydrogen-bond donors (Lipinski definition) is 0. The zero-order chi connectivity index (χ0) is 28.3. The van der Waals surface area contributed by atoms with Crippen molar-refractivity contribution in [2.45, 2.75) is 96.9 Å². The fourth-order valence-corrected chi connectivity index (χ4v) is 6.06. The first-order valence-corrected chi connectivity index (χ1v) is 17.9. The van der Waals surface area contributed by atoms with Crippen LogP contribution in [0, 0.1) is 5.92 Å². The Morgan fingerprint density at radius 1 is 0.744 bits per heavy atom. The first-order valence-electron chi connectivity index (χ1n) is 15.0. The lowest BCUT2D eigenvalue weighted by molar-refractivity contribution is 0.105. The Balaban J connectivity index is 1.70. The predicted octanol–water partition coefficient (Wildman–Crippen LogP) is 10.4. The molecule has 0 fully saturated rings. The summed E-state index contributed by atoms with van der Waals surface area (Å²) in [6.07, 6.45) is 4.47. The summed E-state index contributed by atoms with van der Waals surface area (Å²) >= 11 is 0. The molecule has 0 amide bonds. The van der Waals surface area contributed by atoms with Gasteiger partial charge in [-0.3, -0.25) is 0 Å². The topological polar surface area (TPSA) is 18.5 Å². The van der Waals surface area contributed by atoms with Crippen LogP contribution in [0.2, 0.25) is 18.1 Å². The van der Waals surface area contributed by atoms with Gasteiger partial charge in [-0.05, 0) is 71.5 Å². The smallest absolute Gasteiger partial charge is 0.191 e. The first kappa shape index (κ1) is 31.3. The maximum absolute atomic E-state index is 6.31. The SMILES string of the molecule is CCC(C)CC(CC(c1ccccc1)c1cccc(COCCCO[Si](C)(C)C(C)(C)C)c1)c1ccccc1. The Hall–Kier alpha value is -2.20. The quantitative estimate of drug-likeness (QED) is 0.140. The van der Waals surface area contributed by atoms with E-state index in [0.29, 0.717) is 24.4 Å². The second kappa shape index (κ2) is 15.0. The van der Waals surface area contributed by atoms with Crippen LogP contribution < -0.4 is 0 Å². The lowest BCUT2D eigenvalue weighted by Gasteiger charge is -2.36. The van der Waals surface area contributed by atoms with Gasteiger partial charge in [0, 0.05) is 19.1 Å². The molecule has 0 N–H and O–H groups in total. The van der Waals surface area contributed by atoms with Gasteiger partial charge in [0.25, 0.3) is 0 Å². The largest absolute Gasteiger partial charge is 0.417 e. The molecule has 0 radical (unpaired) electrons. The van der Waals surface area contributed by atoms with Crippen LogP contribution in [-0.2, 0) is 15.8 Å². The number of hydrogen-bond acceptors (Lipinski definition) is 2. The molecule has 39 heavy (non-hydrogen) atoms. The molecular formula is C36H52O2Si. The van der Waals surface area contributed by atoms with Crippen molar-refractivity contribution in [2.75, 3.05) is 13.2 Å². The van der Waals surface area contributed by atoms with Crippen LogP contribution in [0.5, 0.6) is 0 Å². The lowest BCUT2D eigenvalue weighted by atomic mass is 9.77. The molecule has 0 saturated heterocycles. The second-order valence-electron chi connectivity index (χ2n) is 12.8. The minimum atomic E-state index is -1.69. The minimum Gasteiger partial charge on any atom is -0.417 e. The molecular weight excluding hydrogens is 492 g/mol. The van der Waals surface area contributed by atoms with E-state index in [1.54, 1.807) is 0 Å². The summed E-state index contributed by atoms with van der Waals surface area (Å²) < 4.78 is 12.4. The van der Waals surface area contributed by atoms with Gasteiger partial charge in [-0.1, -0.05) is 126 Å². The fraction of sp³-hybridized carbons (Fsp3) is 0.500. The van der Waals surface area contributed by atoms with Crippen molar-refractivity contribution >= 4 is 8.32 Å². The van der Waals surface area contributed by atoms with Gasteiger partial charge in [-0.15, -0.1) is 0 Å². The molecule has 0 spiro atoms. The Labute approximate surface area is 240 Å². The molecule has 0 aliphatic carbocycles. The first-order chi connectivity index (χ1) is 18.6. The average molecular weight is 545 g/mol. The van der Waals surface area contributed by atoms with Crippen LogP contribution in [0.25, 0.3) is 0 Å². The third kappa shape index (κ3) is 9.74. The predicted molar refractivity (Wildman–Crippen MR) is 170 cm³/mol. The summed E-state index contributed by atoms with van der Waals surface area (Å²) in [6, 6.07) is 31.3. The minimum absolute atomic E-state index is 0.248. The van der Waals surface area contributed by atoms with Crippen molar-refractivity contribution < 1.29 is 9.16 Å². The van der Waals surface area contributed by atoms with Gasteiger partial charge < -0.3 is 9.16 Å². The Bertz CT molecular complexity index is 1090. The molecule has 3 aromatic rings. The van der Waals surface area contributed by atoms with E-state index in [1.165, 1.54) is 35.1 Å². The van der Waals surface area contributed by atoms with Crippen LogP contribution in [0.4, 0.5) is 0 Å². The molecule has 3 heteroatoms. The van der Waals surface area contributed by atoms with Crippen molar-refractivity contribution in [3.63, 3.8) is 0 Å². The van der Waals surface area contributed by atoms with Gasteiger partial charge in [0.2, 0.25) is 0 Å². The summed E-state index contributed by atoms with van der Waals surface area (Å²) in [5, 5.41) is 0.248. The Morgan fingerprint density at radius 3 is 1.97 bits per heavy atom. The Kier molecular flexibility index (Phi) is 12.0. The summed E-state index contributed by atoms with van der Waals surface area (Å²) in [5.41, 5.74) is 5.48. The molecule has 3 unspecified atom stereocenters. The fourth-order valence-electron chi connectivity index (χ4n) is 4.97. The van der Waals surface area contributed by atoms with Crippen LogP contribution in [-0.4, -0.2) is 21.5 Å². The van der Waals surface area contributed by atoms with Gasteiger partial charge in [0.15, 0.2) is 8.32 Å². The van der Waals surface area contributed by atoms with Crippen molar-refractivity contribution in [1.82, 2.24) is 0 Å². The zero-order valence-corrected chi connectivity index (χ0v) is 26.6. The number of benzene rings is 3. The van der Waals surface area contributed by atoms with E-state index < -0.39 is 8.32 Å². The highest BCUT2D eigenvalue weighted by molar-refractivity contribution is 6.74. The Morgan fingerprint density at radius 2 is 1.36 bits per heavy atom. The monoisotopic (exact) mass is 544 g/mol. The summed E-state index contributed by atoms with van der Waals surface area (Å²) in [4.78, 5) is 0. The summed E-state index contributed by atoms with van der Waals surface area (Å²) in [7, 11) is -1.69. The van der Waals surface area contributed by atoms with E-state index >= 15 is 0 Å². The maximum atomic E-state index is 6.31. The van der Waals surface area contributed by atoms with Crippen molar-refractivity contribution in [2.24, 2.45) is 5.92 Å². The highest BCUT2D eigenvalue weighted by atomic mass is 28.4. The van der Waals surface area contributed by atoms with Gasteiger partial charge in [-0.25, -0.2) is 0 Å². The van der Waals surface area contributed by atoms with Crippen LogP contribution in [0.1, 0.15) is 94.4 Å². The maximum Gasteiger partial charge on any atom is 0.191 e. The molecule has 0 saturated carbocycles. The highest BCUT2D eigenvalue weighted by Gasteiger charge is 2.36. The molecule has 0 heterocycles. The molecule has 3 aromatic carbocycles. The summed E-state index contributed by atoms with van der Waals surface area (Å²) in [6.45, 7) is 18.3. The molecule has 0 aliphatic heterocycles. The molecule has 0 bridgehead atoms. The van der Waals surface area contributed by atoms with Crippen molar-refractivity contribution in [3.8, 4) is 0 Å². The lowest BCUT2D eigenvalue weighted by Crippen LogP contribution is -2.41. The molecule has 2 nitrogen and oxygen atoms in total. The summed E-state index contributed by atoms with van der Waals surface area (Å²) in [5.74, 6) is 1.57. The zero-order valence-electron chi connectivity index (χ0n) is 25.6. The van der Waals surface area contributed by atoms with E-state index in [9.17, 15) is 0 Å². The van der Waals surface area contributed by atoms with Crippen molar-refractivity contribution in [1.29, 1.82) is 0 Å².